The predicted octanol–water partition coefficient (Wildman–Crippen LogP) is 4.19. The predicted molar refractivity (Wildman–Crippen MR) is 99.0 cm³/mol. The lowest BCUT2D eigenvalue weighted by Crippen LogP contribution is -2.38. The first-order valence-corrected chi connectivity index (χ1v) is 9.14. The second kappa shape index (κ2) is 8.11. The van der Waals surface area contributed by atoms with Gasteiger partial charge in [-0.05, 0) is 25.0 Å². The molecule has 1 aromatic carbocycles. The van der Waals surface area contributed by atoms with Gasteiger partial charge in [0, 0.05) is 19.2 Å². The Labute approximate surface area is 172 Å². The van der Waals surface area contributed by atoms with E-state index >= 15 is 0 Å². The van der Waals surface area contributed by atoms with E-state index in [9.17, 15) is 22.8 Å². The number of H-pyrrole nitrogens is 1. The number of aromatic nitrogens is 2. The van der Waals surface area contributed by atoms with Crippen LogP contribution in [-0.2, 0) is 11.0 Å². The number of hydrogen-bond acceptors (Lipinski definition) is 5. The van der Waals surface area contributed by atoms with Crippen LogP contribution in [0.5, 0.6) is 11.5 Å². The molecule has 156 valence electrons. The number of aliphatic carboxylic acids is 1. The number of ether oxygens (including phenoxy) is 1. The van der Waals surface area contributed by atoms with Crippen molar-refractivity contribution in [3.8, 4) is 11.5 Å². The summed E-state index contributed by atoms with van der Waals surface area (Å²) in [5.74, 6) is -3.00. The highest BCUT2D eigenvalue weighted by Crippen LogP contribution is 2.37. The van der Waals surface area contributed by atoms with Gasteiger partial charge in [-0.25, -0.2) is 4.98 Å². The van der Waals surface area contributed by atoms with E-state index in [1.165, 1.54) is 23.1 Å². The van der Waals surface area contributed by atoms with E-state index in [-0.39, 0.29) is 47.7 Å². The summed E-state index contributed by atoms with van der Waals surface area (Å²) in [5.41, 5.74) is -2.63. The fourth-order valence-corrected chi connectivity index (χ4v) is 3.17. The average molecular weight is 452 g/mol. The van der Waals surface area contributed by atoms with Crippen molar-refractivity contribution in [2.75, 3.05) is 18.0 Å². The van der Waals surface area contributed by atoms with Gasteiger partial charge in [0.15, 0.2) is 5.69 Å². The molecule has 0 bridgehead atoms. The zero-order valence-corrected chi connectivity index (χ0v) is 16.1. The zero-order chi connectivity index (χ0) is 21.3. The molecule has 29 heavy (non-hydrogen) atoms. The number of rotatable bonds is 4. The lowest BCUT2D eigenvalue weighted by Gasteiger charge is -2.30. The van der Waals surface area contributed by atoms with E-state index in [4.69, 9.17) is 33.0 Å². The summed E-state index contributed by atoms with van der Waals surface area (Å²) < 4.78 is 45.8. The minimum atomic E-state index is -4.96. The first kappa shape index (κ1) is 21.3. The van der Waals surface area contributed by atoms with Crippen molar-refractivity contribution in [1.29, 1.82) is 0 Å². The number of carbonyl (C=O) groups is 1. The Kier molecular flexibility index (Phi) is 5.95. The normalized spacial score (nSPS) is 15.4. The molecule has 0 unspecified atom stereocenters. The number of anilines is 1. The second-order valence-electron chi connectivity index (χ2n) is 6.34. The molecule has 0 atom stereocenters. The molecule has 2 aromatic rings. The quantitative estimate of drug-likeness (QED) is 0.723. The molecule has 0 radical (unpaired) electrons. The highest BCUT2D eigenvalue weighted by Gasteiger charge is 2.40. The molecule has 0 amide bonds. The van der Waals surface area contributed by atoms with Crippen LogP contribution in [0.3, 0.4) is 0 Å². The molecule has 12 heteroatoms. The van der Waals surface area contributed by atoms with Crippen molar-refractivity contribution in [1.82, 2.24) is 9.97 Å². The van der Waals surface area contributed by atoms with E-state index in [0.717, 1.165) is 0 Å². The van der Waals surface area contributed by atoms with Gasteiger partial charge in [0.2, 0.25) is 11.7 Å². The van der Waals surface area contributed by atoms with Crippen LogP contribution in [0.4, 0.5) is 19.1 Å². The third-order valence-electron chi connectivity index (χ3n) is 4.39. The maximum absolute atomic E-state index is 13.6. The molecule has 1 aliphatic heterocycles. The molecule has 1 fully saturated rings. The van der Waals surface area contributed by atoms with Gasteiger partial charge >= 0.3 is 12.1 Å². The van der Waals surface area contributed by atoms with Crippen LogP contribution < -0.4 is 15.2 Å². The number of alkyl halides is 3. The molecule has 2 heterocycles. The van der Waals surface area contributed by atoms with E-state index < -0.39 is 35.1 Å². The third kappa shape index (κ3) is 4.76. The Balaban J connectivity index is 1.95. The van der Waals surface area contributed by atoms with Crippen LogP contribution in [0.15, 0.2) is 23.0 Å². The first-order chi connectivity index (χ1) is 13.6. The number of aromatic amines is 1. The van der Waals surface area contributed by atoms with Gasteiger partial charge in [-0.3, -0.25) is 14.6 Å². The van der Waals surface area contributed by atoms with E-state index in [0.29, 0.717) is 0 Å². The number of nitrogens with zero attached hydrogens (tertiary/aromatic N) is 2. The van der Waals surface area contributed by atoms with E-state index in [1.807, 2.05) is 0 Å². The topological polar surface area (TPSA) is 95.5 Å². The number of hydrogen-bond donors (Lipinski definition) is 2. The molecule has 0 aliphatic carbocycles. The van der Waals surface area contributed by atoms with Crippen molar-refractivity contribution in [2.45, 2.75) is 19.0 Å². The monoisotopic (exact) mass is 451 g/mol. The van der Waals surface area contributed by atoms with Crippen LogP contribution in [0.2, 0.25) is 10.0 Å². The summed E-state index contributed by atoms with van der Waals surface area (Å²) in [6, 6.07) is 3.75. The summed E-state index contributed by atoms with van der Waals surface area (Å²) in [6.45, 7) is 0.286. The van der Waals surface area contributed by atoms with Crippen molar-refractivity contribution in [2.24, 2.45) is 5.92 Å². The molecular formula is C17H14Cl2F3N3O4. The Morgan fingerprint density at radius 1 is 1.24 bits per heavy atom. The molecule has 1 aromatic heterocycles. The maximum atomic E-state index is 13.6. The Morgan fingerprint density at radius 3 is 2.45 bits per heavy atom. The molecule has 0 spiro atoms. The number of piperidine rings is 1. The first-order valence-electron chi connectivity index (χ1n) is 8.38. The van der Waals surface area contributed by atoms with Gasteiger partial charge in [0.25, 0.3) is 5.56 Å². The van der Waals surface area contributed by atoms with Crippen LogP contribution >= 0.6 is 23.2 Å². The fourth-order valence-electron chi connectivity index (χ4n) is 2.88. The van der Waals surface area contributed by atoms with Crippen LogP contribution in [0.25, 0.3) is 0 Å². The van der Waals surface area contributed by atoms with Gasteiger partial charge in [0.05, 0.1) is 16.0 Å². The molecular weight excluding hydrogens is 438 g/mol. The molecule has 7 nitrogen and oxygen atoms in total. The summed E-state index contributed by atoms with van der Waals surface area (Å²) in [5, 5.41) is 9.24. The van der Waals surface area contributed by atoms with Crippen molar-refractivity contribution < 1.29 is 27.8 Å². The highest BCUT2D eigenvalue weighted by atomic mass is 35.5. The molecule has 1 aliphatic rings. The largest absolute Gasteiger partial charge is 0.481 e. The Bertz CT molecular complexity index is 989. The summed E-state index contributed by atoms with van der Waals surface area (Å²) in [6.07, 6.45) is -4.52. The van der Waals surface area contributed by atoms with Crippen LogP contribution in [0.1, 0.15) is 18.5 Å². The Morgan fingerprint density at radius 2 is 1.90 bits per heavy atom. The SMILES string of the molecule is O=C(O)C1CCN(c2nc(C(F)(F)F)c(Oc3ccc(Cl)c(Cl)c3)c(=O)[nH]2)CC1. The number of benzene rings is 1. The van der Waals surface area contributed by atoms with Gasteiger partial charge in [-0.1, -0.05) is 23.2 Å². The lowest BCUT2D eigenvalue weighted by molar-refractivity contribution is -0.143. The number of halogens is 5. The highest BCUT2D eigenvalue weighted by molar-refractivity contribution is 6.42. The minimum Gasteiger partial charge on any atom is -0.481 e. The summed E-state index contributed by atoms with van der Waals surface area (Å²) >= 11 is 11.6. The van der Waals surface area contributed by atoms with Crippen molar-refractivity contribution in [3.63, 3.8) is 0 Å². The van der Waals surface area contributed by atoms with Crippen LogP contribution in [-0.4, -0.2) is 34.1 Å². The van der Waals surface area contributed by atoms with Gasteiger partial charge < -0.3 is 14.7 Å². The third-order valence-corrected chi connectivity index (χ3v) is 5.13. The zero-order valence-electron chi connectivity index (χ0n) is 14.6. The standard InChI is InChI=1S/C17H14Cl2F3N3O4/c18-10-2-1-9(7-11(10)19)29-12-13(17(20,21)22)23-16(24-14(12)26)25-5-3-8(4-6-25)15(27)28/h1-2,7-8H,3-6H2,(H,27,28)(H,23,24,26). The minimum absolute atomic E-state index is 0.0417. The van der Waals surface area contributed by atoms with Crippen molar-refractivity contribution in [3.05, 3.63) is 44.3 Å². The molecule has 3 rings (SSSR count). The maximum Gasteiger partial charge on any atom is 0.437 e. The molecule has 2 N–H and O–H groups in total. The Hall–Kier alpha value is -2.46. The number of carboxylic acid groups (broad SMARTS) is 1. The van der Waals surface area contributed by atoms with Gasteiger partial charge in [0.1, 0.15) is 5.75 Å². The summed E-state index contributed by atoms with van der Waals surface area (Å²) in [4.78, 5) is 30.6. The summed E-state index contributed by atoms with van der Waals surface area (Å²) in [7, 11) is 0. The fraction of sp³-hybridized carbons (Fsp3) is 0.353. The average Bonchev–Trinajstić information content (AvgIpc) is 2.65. The molecule has 0 saturated carbocycles. The van der Waals surface area contributed by atoms with E-state index in [1.54, 1.807) is 0 Å². The van der Waals surface area contributed by atoms with Crippen LogP contribution in [0, 0.1) is 5.92 Å². The number of nitrogens with one attached hydrogen (secondary N) is 1. The lowest BCUT2D eigenvalue weighted by atomic mass is 9.97. The van der Waals surface area contributed by atoms with Gasteiger partial charge in [-0.2, -0.15) is 13.2 Å². The molecule has 1 saturated heterocycles. The van der Waals surface area contributed by atoms with E-state index in [2.05, 4.69) is 9.97 Å². The number of carboxylic acids is 1. The second-order valence-corrected chi connectivity index (χ2v) is 7.16. The van der Waals surface area contributed by atoms with Gasteiger partial charge in [-0.15, -0.1) is 0 Å². The van der Waals surface area contributed by atoms with Crippen molar-refractivity contribution >= 4 is 35.1 Å². The smallest absolute Gasteiger partial charge is 0.437 e.